The van der Waals surface area contributed by atoms with Crippen molar-refractivity contribution in [2.45, 2.75) is 19.3 Å². The smallest absolute Gasteiger partial charge is 0.126 e. The van der Waals surface area contributed by atoms with Crippen molar-refractivity contribution in [2.24, 2.45) is 0 Å². The lowest BCUT2D eigenvalue weighted by Gasteiger charge is -2.30. The van der Waals surface area contributed by atoms with Crippen LogP contribution in [0.5, 0.6) is 0 Å². The third-order valence-electron chi connectivity index (χ3n) is 3.62. The summed E-state index contributed by atoms with van der Waals surface area (Å²) >= 11 is 0. The molecule has 0 amide bonds. The molecule has 0 fully saturated rings. The van der Waals surface area contributed by atoms with E-state index in [1.807, 2.05) is 19.1 Å². The maximum absolute atomic E-state index is 5.75. The molecule has 1 aliphatic rings. The van der Waals surface area contributed by atoms with Crippen LogP contribution in [0.4, 0.5) is 11.5 Å². The van der Waals surface area contributed by atoms with Crippen LogP contribution in [0.2, 0.25) is 0 Å². The molecule has 1 heterocycles. The summed E-state index contributed by atoms with van der Waals surface area (Å²) in [5, 5.41) is 3.39. The van der Waals surface area contributed by atoms with Crippen molar-refractivity contribution in [1.82, 2.24) is 4.98 Å². The van der Waals surface area contributed by atoms with Gasteiger partial charge in [-0.05, 0) is 36.6 Å². The molecule has 3 nitrogen and oxygen atoms in total. The largest absolute Gasteiger partial charge is 0.397 e. The predicted octanol–water partition coefficient (Wildman–Crippen LogP) is 2.72. The first kappa shape index (κ1) is 11.1. The summed E-state index contributed by atoms with van der Waals surface area (Å²) in [4.78, 5) is 4.42. The van der Waals surface area contributed by atoms with Gasteiger partial charge in [0.15, 0.2) is 0 Å². The SMILES string of the molecule is Cc1nc(NCC2Cc3ccccc32)ccc1N. The van der Waals surface area contributed by atoms with Crippen molar-refractivity contribution >= 4 is 11.5 Å². The van der Waals surface area contributed by atoms with Gasteiger partial charge in [-0.25, -0.2) is 4.98 Å². The molecule has 1 aromatic carbocycles. The van der Waals surface area contributed by atoms with Crippen LogP contribution in [0.25, 0.3) is 0 Å². The van der Waals surface area contributed by atoms with Crippen molar-refractivity contribution < 1.29 is 0 Å². The second-order valence-corrected chi connectivity index (χ2v) is 4.85. The summed E-state index contributed by atoms with van der Waals surface area (Å²) in [6.45, 7) is 2.87. The first-order valence-electron chi connectivity index (χ1n) is 6.29. The Kier molecular flexibility index (Phi) is 2.67. The highest BCUT2D eigenvalue weighted by atomic mass is 15.0. The minimum absolute atomic E-state index is 0.612. The summed E-state index contributed by atoms with van der Waals surface area (Å²) in [5.74, 6) is 1.52. The molecule has 3 rings (SSSR count). The third kappa shape index (κ3) is 1.92. The van der Waals surface area contributed by atoms with Crippen molar-refractivity contribution in [2.75, 3.05) is 17.6 Å². The van der Waals surface area contributed by atoms with E-state index in [4.69, 9.17) is 5.73 Å². The van der Waals surface area contributed by atoms with Crippen molar-refractivity contribution in [3.05, 3.63) is 53.2 Å². The Hall–Kier alpha value is -2.03. The maximum atomic E-state index is 5.75. The lowest BCUT2D eigenvalue weighted by Crippen LogP contribution is -2.24. The van der Waals surface area contributed by atoms with E-state index in [0.717, 1.165) is 30.2 Å². The average molecular weight is 239 g/mol. The van der Waals surface area contributed by atoms with Gasteiger partial charge in [0.25, 0.3) is 0 Å². The Balaban J connectivity index is 1.65. The fourth-order valence-corrected chi connectivity index (χ4v) is 2.44. The summed E-state index contributed by atoms with van der Waals surface area (Å²) in [6.07, 6.45) is 1.16. The van der Waals surface area contributed by atoms with Crippen LogP contribution in [-0.4, -0.2) is 11.5 Å². The van der Waals surface area contributed by atoms with E-state index in [9.17, 15) is 0 Å². The van der Waals surface area contributed by atoms with Crippen LogP contribution in [0.15, 0.2) is 36.4 Å². The molecule has 92 valence electrons. The lowest BCUT2D eigenvalue weighted by molar-refractivity contribution is 0.634. The zero-order valence-corrected chi connectivity index (χ0v) is 10.5. The van der Waals surface area contributed by atoms with E-state index >= 15 is 0 Å². The minimum Gasteiger partial charge on any atom is -0.397 e. The van der Waals surface area contributed by atoms with Crippen molar-refractivity contribution in [3.8, 4) is 0 Å². The zero-order valence-electron chi connectivity index (χ0n) is 10.5. The molecular weight excluding hydrogens is 222 g/mol. The highest BCUT2D eigenvalue weighted by molar-refractivity contribution is 5.50. The number of nitrogens with zero attached hydrogens (tertiary/aromatic N) is 1. The molecule has 1 unspecified atom stereocenters. The quantitative estimate of drug-likeness (QED) is 0.866. The number of nitrogens with two attached hydrogens (primary N) is 1. The molecule has 18 heavy (non-hydrogen) atoms. The van der Waals surface area contributed by atoms with E-state index in [1.165, 1.54) is 11.1 Å². The molecule has 1 aliphatic carbocycles. The van der Waals surface area contributed by atoms with Gasteiger partial charge >= 0.3 is 0 Å². The van der Waals surface area contributed by atoms with Gasteiger partial charge in [-0.1, -0.05) is 24.3 Å². The van der Waals surface area contributed by atoms with Gasteiger partial charge in [-0.15, -0.1) is 0 Å². The molecule has 3 heteroatoms. The highest BCUT2D eigenvalue weighted by Crippen LogP contribution is 2.34. The molecule has 0 saturated carbocycles. The number of aryl methyl sites for hydroxylation is 1. The lowest BCUT2D eigenvalue weighted by atomic mass is 9.77. The Morgan fingerprint density at radius 3 is 2.89 bits per heavy atom. The van der Waals surface area contributed by atoms with Gasteiger partial charge in [-0.2, -0.15) is 0 Å². The highest BCUT2D eigenvalue weighted by Gasteiger charge is 2.24. The van der Waals surface area contributed by atoms with Gasteiger partial charge in [0, 0.05) is 12.5 Å². The van der Waals surface area contributed by atoms with Crippen LogP contribution in [0.1, 0.15) is 22.7 Å². The Labute approximate surface area is 107 Å². The number of aromatic nitrogens is 1. The average Bonchev–Trinajstić information content (AvgIpc) is 2.35. The summed E-state index contributed by atoms with van der Waals surface area (Å²) < 4.78 is 0. The number of nitrogens with one attached hydrogen (secondary N) is 1. The number of nitrogen functional groups attached to an aromatic ring is 1. The second kappa shape index (κ2) is 4.33. The van der Waals surface area contributed by atoms with E-state index in [2.05, 4.69) is 34.6 Å². The van der Waals surface area contributed by atoms with Gasteiger partial charge < -0.3 is 11.1 Å². The molecular formula is C15H17N3. The topological polar surface area (TPSA) is 50.9 Å². The molecule has 0 aliphatic heterocycles. The Morgan fingerprint density at radius 1 is 1.28 bits per heavy atom. The molecule has 0 saturated heterocycles. The Morgan fingerprint density at radius 2 is 2.11 bits per heavy atom. The van der Waals surface area contributed by atoms with E-state index in [-0.39, 0.29) is 0 Å². The molecule has 0 bridgehead atoms. The normalized spacial score (nSPS) is 16.8. The van der Waals surface area contributed by atoms with E-state index in [1.54, 1.807) is 0 Å². The van der Waals surface area contributed by atoms with E-state index < -0.39 is 0 Å². The fourth-order valence-electron chi connectivity index (χ4n) is 2.44. The van der Waals surface area contributed by atoms with Gasteiger partial charge in [0.2, 0.25) is 0 Å². The molecule has 0 spiro atoms. The summed E-state index contributed by atoms with van der Waals surface area (Å²) in [7, 11) is 0. The number of pyridine rings is 1. The minimum atomic E-state index is 0.612. The molecule has 1 atom stereocenters. The predicted molar refractivity (Wildman–Crippen MR) is 74.8 cm³/mol. The molecule has 0 radical (unpaired) electrons. The number of rotatable bonds is 3. The van der Waals surface area contributed by atoms with Crippen LogP contribution >= 0.6 is 0 Å². The van der Waals surface area contributed by atoms with Crippen LogP contribution < -0.4 is 11.1 Å². The van der Waals surface area contributed by atoms with Crippen LogP contribution in [0.3, 0.4) is 0 Å². The van der Waals surface area contributed by atoms with Crippen molar-refractivity contribution in [3.63, 3.8) is 0 Å². The second-order valence-electron chi connectivity index (χ2n) is 4.85. The van der Waals surface area contributed by atoms with Crippen LogP contribution in [-0.2, 0) is 6.42 Å². The molecule has 3 N–H and O–H groups in total. The van der Waals surface area contributed by atoms with Gasteiger partial charge in [-0.3, -0.25) is 0 Å². The standard InChI is InChI=1S/C15H17N3/c1-10-14(16)6-7-15(18-10)17-9-12-8-11-4-2-3-5-13(11)12/h2-7,12H,8-9,16H2,1H3,(H,17,18). The number of benzene rings is 1. The molecule has 1 aromatic heterocycles. The summed E-state index contributed by atoms with van der Waals surface area (Å²) in [6, 6.07) is 12.5. The van der Waals surface area contributed by atoms with Crippen molar-refractivity contribution in [1.29, 1.82) is 0 Å². The number of hydrogen-bond donors (Lipinski definition) is 2. The first-order chi connectivity index (χ1) is 8.74. The zero-order chi connectivity index (χ0) is 12.5. The third-order valence-corrected chi connectivity index (χ3v) is 3.62. The van der Waals surface area contributed by atoms with Gasteiger partial charge in [0.1, 0.15) is 5.82 Å². The van der Waals surface area contributed by atoms with Gasteiger partial charge in [0.05, 0.1) is 11.4 Å². The van der Waals surface area contributed by atoms with E-state index in [0.29, 0.717) is 5.92 Å². The summed E-state index contributed by atoms with van der Waals surface area (Å²) in [5.41, 5.74) is 10.3. The first-order valence-corrected chi connectivity index (χ1v) is 6.29. The Bertz CT molecular complexity index is 578. The number of fused-ring (bicyclic) bond motifs is 1. The number of hydrogen-bond acceptors (Lipinski definition) is 3. The molecule has 2 aromatic rings. The monoisotopic (exact) mass is 239 g/mol. The maximum Gasteiger partial charge on any atom is 0.126 e. The van der Waals surface area contributed by atoms with Crippen LogP contribution in [0, 0.1) is 6.92 Å². The number of anilines is 2. The fraction of sp³-hybridized carbons (Fsp3) is 0.267.